The first-order valence-corrected chi connectivity index (χ1v) is 12.1. The fraction of sp³-hybridized carbons (Fsp3) is 0. The first-order valence-electron chi connectivity index (χ1n) is 14.2. The van der Waals surface area contributed by atoms with Crippen LogP contribution in [-0.2, 0) is 0 Å². The van der Waals surface area contributed by atoms with Gasteiger partial charge in [-0.25, -0.2) is 4.98 Å². The van der Waals surface area contributed by atoms with Crippen molar-refractivity contribution in [3.8, 4) is 33.9 Å². The molecule has 0 unspecified atom stereocenters. The summed E-state index contributed by atoms with van der Waals surface area (Å²) in [4.78, 5) is 13.8. The SMILES string of the molecule is [2H]c1c([2H])c([2H])c(-c2ccc3cc(-c4nc(Cl)nc(-c5cccc6ccc7ccccc7c56)n4)ccc3c2)c([2H])c1[2H]. The largest absolute Gasteiger partial charge is 0.226 e. The molecule has 6 aromatic carbocycles. The third kappa shape index (κ3) is 3.90. The minimum atomic E-state index is -0.411. The van der Waals surface area contributed by atoms with Gasteiger partial charge in [0.15, 0.2) is 11.6 Å². The predicted molar refractivity (Wildman–Crippen MR) is 154 cm³/mol. The molecule has 174 valence electrons. The third-order valence-corrected chi connectivity index (χ3v) is 6.67. The lowest BCUT2D eigenvalue weighted by Crippen LogP contribution is -1.98. The van der Waals surface area contributed by atoms with Gasteiger partial charge in [0.05, 0.1) is 6.85 Å². The summed E-state index contributed by atoms with van der Waals surface area (Å²) in [6.07, 6.45) is 0. The molecule has 0 aliphatic rings. The number of hydrogen-bond donors (Lipinski definition) is 0. The van der Waals surface area contributed by atoms with Crippen LogP contribution in [0.4, 0.5) is 0 Å². The molecule has 0 aliphatic heterocycles. The Labute approximate surface area is 226 Å². The monoisotopic (exact) mass is 498 g/mol. The van der Waals surface area contributed by atoms with Crippen molar-refractivity contribution in [3.05, 3.63) is 126 Å². The number of rotatable bonds is 3. The zero-order valence-corrected chi connectivity index (χ0v) is 20.1. The van der Waals surface area contributed by atoms with E-state index in [0.717, 1.165) is 43.4 Å². The minimum Gasteiger partial charge on any atom is -0.208 e. The molecular formula is C33H20ClN3. The first-order chi connectivity index (χ1) is 20.3. The Kier molecular flexibility index (Phi) is 4.04. The number of benzene rings is 6. The van der Waals surface area contributed by atoms with Crippen LogP contribution >= 0.6 is 11.6 Å². The van der Waals surface area contributed by atoms with Crippen molar-refractivity contribution in [2.24, 2.45) is 0 Å². The number of hydrogen-bond acceptors (Lipinski definition) is 3. The molecule has 7 aromatic rings. The van der Waals surface area contributed by atoms with Crippen LogP contribution in [0.3, 0.4) is 0 Å². The standard InChI is InChI=1S/C33H20ClN3/c34-33-36-31(27-18-17-25-19-24(15-16-26(25)20-27)21-7-2-1-3-8-21)35-32(37-33)29-12-6-10-23-14-13-22-9-4-5-11-28(22)30(23)29/h1-20H/i1D,2D,3D,7D,8D. The van der Waals surface area contributed by atoms with Crippen LogP contribution in [0.2, 0.25) is 5.28 Å². The topological polar surface area (TPSA) is 38.7 Å². The summed E-state index contributed by atoms with van der Waals surface area (Å²) in [5.74, 6) is 0.905. The van der Waals surface area contributed by atoms with Crippen molar-refractivity contribution >= 4 is 43.9 Å². The maximum Gasteiger partial charge on any atom is 0.226 e. The van der Waals surface area contributed by atoms with Crippen LogP contribution in [0, 0.1) is 0 Å². The van der Waals surface area contributed by atoms with Crippen LogP contribution in [0.5, 0.6) is 0 Å². The molecule has 0 aliphatic carbocycles. The quantitative estimate of drug-likeness (QED) is 0.228. The fourth-order valence-corrected chi connectivity index (χ4v) is 4.94. The summed E-state index contributed by atoms with van der Waals surface area (Å²) in [5.41, 5.74) is 2.32. The Morgan fingerprint density at radius 3 is 2.08 bits per heavy atom. The Morgan fingerprint density at radius 1 is 0.541 bits per heavy atom. The average molecular weight is 499 g/mol. The predicted octanol–water partition coefficient (Wildman–Crippen LogP) is 8.99. The maximum absolute atomic E-state index is 8.33. The Balaban J connectivity index is 1.34. The molecule has 0 N–H and O–H groups in total. The molecule has 0 atom stereocenters. The van der Waals surface area contributed by atoms with E-state index >= 15 is 0 Å². The van der Waals surface area contributed by atoms with Crippen LogP contribution in [0.1, 0.15) is 6.85 Å². The van der Waals surface area contributed by atoms with Crippen molar-refractivity contribution in [2.45, 2.75) is 0 Å². The van der Waals surface area contributed by atoms with Gasteiger partial charge in [-0.15, -0.1) is 0 Å². The Bertz CT molecular complexity index is 2210. The van der Waals surface area contributed by atoms with E-state index in [1.165, 1.54) is 0 Å². The molecule has 0 bridgehead atoms. The van der Waals surface area contributed by atoms with Gasteiger partial charge >= 0.3 is 0 Å². The molecular weight excluding hydrogens is 474 g/mol. The summed E-state index contributed by atoms with van der Waals surface area (Å²) in [5, 5.41) is 6.14. The summed E-state index contributed by atoms with van der Waals surface area (Å²) in [6, 6.07) is 28.0. The lowest BCUT2D eigenvalue weighted by Gasteiger charge is -2.11. The second-order valence-electron chi connectivity index (χ2n) is 8.72. The van der Waals surface area contributed by atoms with Crippen LogP contribution in [0.25, 0.3) is 66.2 Å². The molecule has 0 spiro atoms. The van der Waals surface area contributed by atoms with E-state index in [1.54, 1.807) is 6.07 Å². The second-order valence-corrected chi connectivity index (χ2v) is 9.06. The van der Waals surface area contributed by atoms with Gasteiger partial charge in [0.25, 0.3) is 0 Å². The highest BCUT2D eigenvalue weighted by molar-refractivity contribution is 6.28. The lowest BCUT2D eigenvalue weighted by atomic mass is 9.97. The molecule has 0 fully saturated rings. The molecule has 0 saturated carbocycles. The van der Waals surface area contributed by atoms with Crippen LogP contribution in [-0.4, -0.2) is 15.0 Å². The molecule has 0 saturated heterocycles. The van der Waals surface area contributed by atoms with Gasteiger partial charge < -0.3 is 0 Å². The third-order valence-electron chi connectivity index (χ3n) is 6.51. The zero-order chi connectivity index (χ0) is 29.1. The van der Waals surface area contributed by atoms with Gasteiger partial charge in [-0.3, -0.25) is 0 Å². The van der Waals surface area contributed by atoms with Gasteiger partial charge in [-0.2, -0.15) is 9.97 Å². The second kappa shape index (κ2) is 8.81. The highest BCUT2D eigenvalue weighted by Gasteiger charge is 2.14. The van der Waals surface area contributed by atoms with Crippen molar-refractivity contribution in [1.82, 2.24) is 15.0 Å². The summed E-state index contributed by atoms with van der Waals surface area (Å²) < 4.78 is 40.6. The molecule has 0 amide bonds. The molecule has 4 heteroatoms. The molecule has 0 radical (unpaired) electrons. The van der Waals surface area contributed by atoms with E-state index in [1.807, 2.05) is 54.6 Å². The Morgan fingerprint density at radius 2 is 1.22 bits per heavy atom. The van der Waals surface area contributed by atoms with Gasteiger partial charge in [0, 0.05) is 16.5 Å². The van der Waals surface area contributed by atoms with E-state index in [9.17, 15) is 0 Å². The molecule has 1 aromatic heterocycles. The van der Waals surface area contributed by atoms with Gasteiger partial charge in [0.2, 0.25) is 5.28 Å². The van der Waals surface area contributed by atoms with Crippen molar-refractivity contribution in [1.29, 1.82) is 0 Å². The first kappa shape index (κ1) is 17.0. The molecule has 1 heterocycles. The maximum atomic E-state index is 8.33. The fourth-order valence-electron chi connectivity index (χ4n) is 4.78. The summed E-state index contributed by atoms with van der Waals surface area (Å²) in [6.45, 7) is 0. The van der Waals surface area contributed by atoms with E-state index in [-0.39, 0.29) is 35.0 Å². The highest BCUT2D eigenvalue weighted by atomic mass is 35.5. The van der Waals surface area contributed by atoms with Crippen molar-refractivity contribution in [2.75, 3.05) is 0 Å². The number of nitrogens with zero attached hydrogens (tertiary/aromatic N) is 3. The van der Waals surface area contributed by atoms with Gasteiger partial charge in [-0.1, -0.05) is 109 Å². The zero-order valence-electron chi connectivity index (χ0n) is 24.4. The highest BCUT2D eigenvalue weighted by Crippen LogP contribution is 2.34. The Hall–Kier alpha value is -4.60. The molecule has 37 heavy (non-hydrogen) atoms. The number of fused-ring (bicyclic) bond motifs is 4. The van der Waals surface area contributed by atoms with Gasteiger partial charge in [-0.05, 0) is 61.8 Å². The van der Waals surface area contributed by atoms with Gasteiger partial charge in [0.1, 0.15) is 0 Å². The summed E-state index contributed by atoms with van der Waals surface area (Å²) in [7, 11) is 0. The van der Waals surface area contributed by atoms with Crippen LogP contribution in [0.15, 0.2) is 121 Å². The van der Waals surface area contributed by atoms with E-state index in [2.05, 4.69) is 40.3 Å². The van der Waals surface area contributed by atoms with Crippen molar-refractivity contribution in [3.63, 3.8) is 0 Å². The molecule has 7 rings (SSSR count). The smallest absolute Gasteiger partial charge is 0.208 e. The summed E-state index contributed by atoms with van der Waals surface area (Å²) >= 11 is 6.45. The number of aromatic nitrogens is 3. The van der Waals surface area contributed by atoms with Crippen molar-refractivity contribution < 1.29 is 6.85 Å². The normalized spacial score (nSPS) is 13.3. The van der Waals surface area contributed by atoms with E-state index in [0.29, 0.717) is 17.2 Å². The lowest BCUT2D eigenvalue weighted by molar-refractivity contribution is 1.07. The molecule has 3 nitrogen and oxygen atoms in total. The number of halogens is 1. The van der Waals surface area contributed by atoms with E-state index < -0.39 is 6.04 Å². The minimum absolute atomic E-state index is 0.0869. The van der Waals surface area contributed by atoms with E-state index in [4.69, 9.17) is 23.4 Å². The van der Waals surface area contributed by atoms with Crippen LogP contribution < -0.4 is 0 Å². The average Bonchev–Trinajstić information content (AvgIpc) is 3.02.